The van der Waals surface area contributed by atoms with Crippen LogP contribution in [0.25, 0.3) is 0 Å². The SMILES string of the molecule is CNC(CCc1nccn1C)COC(C)C. The van der Waals surface area contributed by atoms with Crippen molar-refractivity contribution in [2.45, 2.75) is 38.8 Å². The minimum Gasteiger partial charge on any atom is -0.377 e. The van der Waals surface area contributed by atoms with Crippen molar-refractivity contribution in [3.05, 3.63) is 18.2 Å². The van der Waals surface area contributed by atoms with E-state index in [9.17, 15) is 0 Å². The van der Waals surface area contributed by atoms with Gasteiger partial charge in [0.2, 0.25) is 0 Å². The summed E-state index contributed by atoms with van der Waals surface area (Å²) in [6.45, 7) is 4.88. The van der Waals surface area contributed by atoms with Gasteiger partial charge < -0.3 is 14.6 Å². The van der Waals surface area contributed by atoms with Crippen molar-refractivity contribution in [1.82, 2.24) is 14.9 Å². The molecule has 0 radical (unpaired) electrons. The quantitative estimate of drug-likeness (QED) is 0.761. The van der Waals surface area contributed by atoms with E-state index in [4.69, 9.17) is 4.74 Å². The minimum absolute atomic E-state index is 0.295. The Labute approximate surface area is 98.0 Å². The molecule has 0 saturated carbocycles. The topological polar surface area (TPSA) is 39.1 Å². The first kappa shape index (κ1) is 13.2. The first-order valence-electron chi connectivity index (χ1n) is 5.88. The number of hydrogen-bond donors (Lipinski definition) is 1. The first-order chi connectivity index (χ1) is 7.63. The van der Waals surface area contributed by atoms with Crippen LogP contribution < -0.4 is 5.32 Å². The third-order valence-corrected chi connectivity index (χ3v) is 2.68. The van der Waals surface area contributed by atoms with Crippen LogP contribution in [0, 0.1) is 0 Å². The number of hydrogen-bond acceptors (Lipinski definition) is 3. The first-order valence-corrected chi connectivity index (χ1v) is 5.88. The summed E-state index contributed by atoms with van der Waals surface area (Å²) in [5.41, 5.74) is 0. The summed E-state index contributed by atoms with van der Waals surface area (Å²) in [6, 6.07) is 0.402. The molecular formula is C12H23N3O. The average molecular weight is 225 g/mol. The number of imidazole rings is 1. The van der Waals surface area contributed by atoms with Crippen molar-refractivity contribution in [3.63, 3.8) is 0 Å². The van der Waals surface area contributed by atoms with Crippen LogP contribution in [-0.2, 0) is 18.2 Å². The number of nitrogens with zero attached hydrogens (tertiary/aromatic N) is 2. The highest BCUT2D eigenvalue weighted by molar-refractivity contribution is 4.91. The van der Waals surface area contributed by atoms with Crippen LogP contribution in [-0.4, -0.2) is 35.4 Å². The smallest absolute Gasteiger partial charge is 0.108 e. The second-order valence-electron chi connectivity index (χ2n) is 4.36. The molecule has 92 valence electrons. The van der Waals surface area contributed by atoms with Gasteiger partial charge in [0, 0.05) is 31.9 Å². The lowest BCUT2D eigenvalue weighted by Crippen LogP contribution is -2.32. The van der Waals surface area contributed by atoms with Crippen LogP contribution in [0.2, 0.25) is 0 Å². The van der Waals surface area contributed by atoms with Crippen LogP contribution in [0.5, 0.6) is 0 Å². The fraction of sp³-hybridized carbons (Fsp3) is 0.750. The van der Waals surface area contributed by atoms with E-state index >= 15 is 0 Å². The molecule has 1 aromatic heterocycles. The van der Waals surface area contributed by atoms with Gasteiger partial charge in [-0.3, -0.25) is 0 Å². The number of aryl methyl sites for hydroxylation is 2. The van der Waals surface area contributed by atoms with Gasteiger partial charge in [-0.15, -0.1) is 0 Å². The lowest BCUT2D eigenvalue weighted by atomic mass is 10.1. The van der Waals surface area contributed by atoms with Crippen molar-refractivity contribution < 1.29 is 4.74 Å². The van der Waals surface area contributed by atoms with Gasteiger partial charge in [0.1, 0.15) is 5.82 Å². The highest BCUT2D eigenvalue weighted by Gasteiger charge is 2.09. The van der Waals surface area contributed by atoms with Gasteiger partial charge in [0.05, 0.1) is 12.7 Å². The van der Waals surface area contributed by atoms with Gasteiger partial charge in [-0.1, -0.05) is 0 Å². The number of rotatable bonds is 7. The predicted octanol–water partition coefficient (Wildman–Crippen LogP) is 1.37. The predicted molar refractivity (Wildman–Crippen MR) is 65.5 cm³/mol. The van der Waals surface area contributed by atoms with E-state index in [1.165, 1.54) is 0 Å². The molecule has 0 aromatic carbocycles. The maximum Gasteiger partial charge on any atom is 0.108 e. The van der Waals surface area contributed by atoms with Crippen molar-refractivity contribution in [2.75, 3.05) is 13.7 Å². The fourth-order valence-electron chi connectivity index (χ4n) is 1.56. The van der Waals surface area contributed by atoms with Crippen molar-refractivity contribution in [3.8, 4) is 0 Å². The summed E-state index contributed by atoms with van der Waals surface area (Å²) in [5.74, 6) is 1.13. The minimum atomic E-state index is 0.295. The summed E-state index contributed by atoms with van der Waals surface area (Å²) in [6.07, 6.45) is 6.15. The molecule has 1 N–H and O–H groups in total. The number of nitrogens with one attached hydrogen (secondary N) is 1. The molecule has 0 bridgehead atoms. The number of ether oxygens (including phenoxy) is 1. The molecule has 0 fully saturated rings. The molecule has 1 rings (SSSR count). The van der Waals surface area contributed by atoms with Crippen molar-refractivity contribution in [1.29, 1.82) is 0 Å². The van der Waals surface area contributed by atoms with E-state index < -0.39 is 0 Å². The largest absolute Gasteiger partial charge is 0.377 e. The Morgan fingerprint density at radius 3 is 2.75 bits per heavy atom. The van der Waals surface area contributed by atoms with E-state index in [0.29, 0.717) is 12.1 Å². The normalized spacial score (nSPS) is 13.3. The van der Waals surface area contributed by atoms with E-state index in [0.717, 1.165) is 25.3 Å². The molecule has 1 atom stereocenters. The average Bonchev–Trinajstić information content (AvgIpc) is 2.64. The summed E-state index contributed by atoms with van der Waals surface area (Å²) < 4.78 is 7.67. The van der Waals surface area contributed by atoms with Gasteiger partial charge in [0.25, 0.3) is 0 Å². The molecule has 0 aliphatic carbocycles. The van der Waals surface area contributed by atoms with Crippen LogP contribution in [0.15, 0.2) is 12.4 Å². The van der Waals surface area contributed by atoms with Crippen molar-refractivity contribution in [2.24, 2.45) is 7.05 Å². The molecule has 4 nitrogen and oxygen atoms in total. The summed E-state index contributed by atoms with van der Waals surface area (Å²) in [5, 5.41) is 3.28. The molecule has 0 aliphatic heterocycles. The molecule has 16 heavy (non-hydrogen) atoms. The van der Waals surface area contributed by atoms with E-state index in [2.05, 4.69) is 28.7 Å². The summed E-state index contributed by atoms with van der Waals surface area (Å²) >= 11 is 0. The highest BCUT2D eigenvalue weighted by Crippen LogP contribution is 2.03. The maximum absolute atomic E-state index is 5.61. The Morgan fingerprint density at radius 1 is 1.50 bits per heavy atom. The molecule has 0 spiro atoms. The van der Waals surface area contributed by atoms with Gasteiger partial charge >= 0.3 is 0 Å². The van der Waals surface area contributed by atoms with Gasteiger partial charge in [-0.2, -0.15) is 0 Å². The van der Waals surface area contributed by atoms with E-state index in [1.807, 2.05) is 26.5 Å². The van der Waals surface area contributed by atoms with Crippen LogP contribution in [0.4, 0.5) is 0 Å². The van der Waals surface area contributed by atoms with Crippen molar-refractivity contribution >= 4 is 0 Å². The fourth-order valence-corrected chi connectivity index (χ4v) is 1.56. The molecule has 1 unspecified atom stereocenters. The molecule has 0 aliphatic rings. The highest BCUT2D eigenvalue weighted by atomic mass is 16.5. The lowest BCUT2D eigenvalue weighted by Gasteiger charge is -2.17. The third-order valence-electron chi connectivity index (χ3n) is 2.68. The second-order valence-corrected chi connectivity index (χ2v) is 4.36. The zero-order valence-corrected chi connectivity index (χ0v) is 10.7. The Bertz CT molecular complexity index is 296. The van der Waals surface area contributed by atoms with Crippen LogP contribution in [0.3, 0.4) is 0 Å². The molecule has 1 heterocycles. The molecule has 0 saturated heterocycles. The Balaban J connectivity index is 2.31. The lowest BCUT2D eigenvalue weighted by molar-refractivity contribution is 0.0610. The zero-order valence-electron chi connectivity index (χ0n) is 10.7. The Hall–Kier alpha value is -0.870. The molecule has 1 aromatic rings. The van der Waals surface area contributed by atoms with Gasteiger partial charge in [-0.25, -0.2) is 4.98 Å². The standard InChI is InChI=1S/C12H23N3O/c1-10(2)16-9-11(13-3)5-6-12-14-7-8-15(12)4/h7-8,10-11,13H,5-6,9H2,1-4H3. The number of aromatic nitrogens is 2. The molecule has 0 amide bonds. The second kappa shape index (κ2) is 6.66. The zero-order chi connectivity index (χ0) is 12.0. The Morgan fingerprint density at radius 2 is 2.25 bits per heavy atom. The van der Waals surface area contributed by atoms with Crippen LogP contribution in [0.1, 0.15) is 26.1 Å². The summed E-state index contributed by atoms with van der Waals surface area (Å²) in [4.78, 5) is 4.31. The molecular weight excluding hydrogens is 202 g/mol. The van der Waals surface area contributed by atoms with Gasteiger partial charge in [0.15, 0.2) is 0 Å². The maximum atomic E-state index is 5.61. The van der Waals surface area contributed by atoms with Crippen LogP contribution >= 0.6 is 0 Å². The third kappa shape index (κ3) is 4.33. The summed E-state index contributed by atoms with van der Waals surface area (Å²) in [7, 11) is 4.01. The van der Waals surface area contributed by atoms with E-state index in [-0.39, 0.29) is 0 Å². The Kier molecular flexibility index (Phi) is 5.49. The molecule has 4 heteroatoms. The monoisotopic (exact) mass is 225 g/mol. The van der Waals surface area contributed by atoms with Gasteiger partial charge in [-0.05, 0) is 27.3 Å². The number of likely N-dealkylation sites (N-methyl/N-ethyl adjacent to an activating group) is 1. The van der Waals surface area contributed by atoms with E-state index in [1.54, 1.807) is 0 Å².